The lowest BCUT2D eigenvalue weighted by molar-refractivity contribution is 0.616. The molecule has 0 aliphatic carbocycles. The molecule has 0 aromatic heterocycles. The molecule has 3 heteroatoms. The number of rotatable bonds is 1. The lowest BCUT2D eigenvalue weighted by Gasteiger charge is -2.03. The van der Waals surface area contributed by atoms with E-state index in [2.05, 4.69) is 15.9 Å². The predicted octanol–water partition coefficient (Wildman–Crippen LogP) is 3.77. The van der Waals surface area contributed by atoms with Gasteiger partial charge in [-0.1, -0.05) is 33.6 Å². The fraction of sp³-hybridized carbons (Fsp3) is 0.250. The van der Waals surface area contributed by atoms with E-state index in [4.69, 9.17) is 11.6 Å². The Balaban J connectivity index is 3.13. The molecule has 0 bridgehead atoms. The molecular formula is C8H7BrClF. The van der Waals surface area contributed by atoms with Crippen molar-refractivity contribution in [1.82, 2.24) is 0 Å². The number of hydrogen-bond acceptors (Lipinski definition) is 0. The van der Waals surface area contributed by atoms with Gasteiger partial charge in [0.25, 0.3) is 0 Å². The summed E-state index contributed by atoms with van der Waals surface area (Å²) in [5.41, 5.74) is 1.50. The summed E-state index contributed by atoms with van der Waals surface area (Å²) in [5, 5.41) is 0. The molecule has 1 aromatic rings. The maximum absolute atomic E-state index is 12.9. The molecule has 1 atom stereocenters. The zero-order chi connectivity index (χ0) is 8.43. The van der Waals surface area contributed by atoms with Gasteiger partial charge in [0.2, 0.25) is 0 Å². The van der Waals surface area contributed by atoms with E-state index in [9.17, 15) is 4.39 Å². The van der Waals surface area contributed by atoms with Crippen LogP contribution in [0.3, 0.4) is 0 Å². The minimum Gasteiger partial charge on any atom is -0.207 e. The summed E-state index contributed by atoms with van der Waals surface area (Å²) in [6.45, 7) is 1.90. The predicted molar refractivity (Wildman–Crippen MR) is 48.7 cm³/mol. The molecule has 1 aromatic carbocycles. The first-order valence-electron chi connectivity index (χ1n) is 3.15. The summed E-state index contributed by atoms with van der Waals surface area (Å²) in [6, 6.07) is 4.86. The smallest absolute Gasteiger partial charge is 0.128 e. The molecule has 0 heterocycles. The first-order chi connectivity index (χ1) is 5.11. The van der Waals surface area contributed by atoms with Gasteiger partial charge in [0.15, 0.2) is 0 Å². The van der Waals surface area contributed by atoms with Crippen LogP contribution in [0.4, 0.5) is 4.39 Å². The lowest BCUT2D eigenvalue weighted by atomic mass is 10.1. The van der Waals surface area contributed by atoms with E-state index in [1.54, 1.807) is 12.1 Å². The topological polar surface area (TPSA) is 0 Å². The summed E-state index contributed by atoms with van der Waals surface area (Å²) in [7, 11) is 0. The van der Waals surface area contributed by atoms with Crippen molar-refractivity contribution in [3.8, 4) is 0 Å². The maximum atomic E-state index is 12.9. The van der Waals surface area contributed by atoms with Crippen molar-refractivity contribution in [2.75, 3.05) is 0 Å². The molecule has 0 radical (unpaired) electrons. The normalized spacial score (nSPS) is 13.1. The number of halogens is 3. The number of alkyl halides is 2. The summed E-state index contributed by atoms with van der Waals surface area (Å²) in [6.07, 6.45) is 0. The van der Waals surface area contributed by atoms with Gasteiger partial charge < -0.3 is 0 Å². The van der Waals surface area contributed by atoms with Crippen LogP contribution in [0, 0.1) is 12.7 Å². The average molecular weight is 237 g/mol. The van der Waals surface area contributed by atoms with E-state index in [0.717, 1.165) is 5.56 Å². The molecule has 0 N–H and O–H groups in total. The highest BCUT2D eigenvalue weighted by Gasteiger charge is 2.08. The molecule has 1 rings (SSSR count). The van der Waals surface area contributed by atoms with Crippen molar-refractivity contribution in [3.63, 3.8) is 0 Å². The van der Waals surface area contributed by atoms with Gasteiger partial charge in [-0.15, -0.1) is 11.6 Å². The van der Waals surface area contributed by atoms with Crippen LogP contribution in [0.2, 0.25) is 0 Å². The van der Waals surface area contributed by atoms with Gasteiger partial charge in [0.05, 0.1) is 0 Å². The van der Waals surface area contributed by atoms with Crippen LogP contribution < -0.4 is 0 Å². The fourth-order valence-corrected chi connectivity index (χ4v) is 1.35. The van der Waals surface area contributed by atoms with E-state index < -0.39 is 4.29 Å². The Kier molecular flexibility index (Phi) is 2.90. The van der Waals surface area contributed by atoms with E-state index >= 15 is 0 Å². The number of hydrogen-bond donors (Lipinski definition) is 0. The van der Waals surface area contributed by atoms with Gasteiger partial charge in [-0.25, -0.2) is 4.39 Å². The number of benzene rings is 1. The van der Waals surface area contributed by atoms with Gasteiger partial charge in [-0.3, -0.25) is 0 Å². The monoisotopic (exact) mass is 236 g/mol. The number of aryl methyl sites for hydroxylation is 1. The van der Waals surface area contributed by atoms with E-state index in [1.807, 2.05) is 6.92 Å². The Morgan fingerprint density at radius 2 is 2.18 bits per heavy atom. The first kappa shape index (κ1) is 9.01. The van der Waals surface area contributed by atoms with E-state index in [0.29, 0.717) is 5.56 Å². The summed E-state index contributed by atoms with van der Waals surface area (Å²) >= 11 is 8.75. The summed E-state index contributed by atoms with van der Waals surface area (Å²) in [4.78, 5) is 0. The highest BCUT2D eigenvalue weighted by atomic mass is 79.9. The molecule has 0 aliphatic heterocycles. The molecule has 0 amide bonds. The maximum Gasteiger partial charge on any atom is 0.128 e. The second kappa shape index (κ2) is 3.55. The lowest BCUT2D eigenvalue weighted by Crippen LogP contribution is -1.88. The second-order valence-electron chi connectivity index (χ2n) is 2.33. The quantitative estimate of drug-likeness (QED) is 0.652. The molecule has 0 spiro atoms. The van der Waals surface area contributed by atoms with E-state index in [-0.39, 0.29) is 5.82 Å². The van der Waals surface area contributed by atoms with Crippen molar-refractivity contribution in [2.45, 2.75) is 11.2 Å². The minimum atomic E-state index is -0.442. The Bertz CT molecular complexity index is 260. The average Bonchev–Trinajstić information content (AvgIpc) is 1.94. The molecule has 0 saturated heterocycles. The van der Waals surface area contributed by atoms with Crippen molar-refractivity contribution >= 4 is 27.5 Å². The third-order valence-electron chi connectivity index (χ3n) is 1.39. The van der Waals surface area contributed by atoms with Crippen LogP contribution in [0.5, 0.6) is 0 Å². The summed E-state index contributed by atoms with van der Waals surface area (Å²) < 4.78 is 12.5. The molecule has 0 aliphatic rings. The Labute approximate surface area is 78.5 Å². The van der Waals surface area contributed by atoms with Gasteiger partial charge in [0, 0.05) is 5.56 Å². The van der Waals surface area contributed by atoms with Crippen LogP contribution >= 0.6 is 27.5 Å². The molecule has 11 heavy (non-hydrogen) atoms. The van der Waals surface area contributed by atoms with Crippen LogP contribution in [0.25, 0.3) is 0 Å². The van der Waals surface area contributed by atoms with Crippen molar-refractivity contribution in [2.24, 2.45) is 0 Å². The van der Waals surface area contributed by atoms with Crippen molar-refractivity contribution in [1.29, 1.82) is 0 Å². The van der Waals surface area contributed by atoms with Crippen LogP contribution in [-0.2, 0) is 0 Å². The standard InChI is InChI=1S/C8H7BrClF/c1-5-2-3-7(11)6(4-5)8(9)10/h2-4,8H,1H3. The SMILES string of the molecule is Cc1ccc(F)c(C(Cl)Br)c1. The van der Waals surface area contributed by atoms with Crippen LogP contribution in [-0.4, -0.2) is 0 Å². The Morgan fingerprint density at radius 3 is 2.64 bits per heavy atom. The summed E-state index contributed by atoms with van der Waals surface area (Å²) in [5.74, 6) is -0.271. The van der Waals surface area contributed by atoms with Gasteiger partial charge in [0.1, 0.15) is 10.1 Å². The largest absolute Gasteiger partial charge is 0.207 e. The van der Waals surface area contributed by atoms with Crippen molar-refractivity contribution in [3.05, 3.63) is 35.1 Å². The molecule has 0 saturated carbocycles. The molecule has 0 fully saturated rings. The zero-order valence-corrected chi connectivity index (χ0v) is 8.29. The minimum absolute atomic E-state index is 0.271. The van der Waals surface area contributed by atoms with E-state index in [1.165, 1.54) is 6.07 Å². The van der Waals surface area contributed by atoms with Gasteiger partial charge in [-0.2, -0.15) is 0 Å². The third kappa shape index (κ3) is 2.17. The van der Waals surface area contributed by atoms with Crippen molar-refractivity contribution < 1.29 is 4.39 Å². The Hall–Kier alpha value is -0.0800. The highest BCUT2D eigenvalue weighted by Crippen LogP contribution is 2.29. The molecule has 60 valence electrons. The first-order valence-corrected chi connectivity index (χ1v) is 4.50. The second-order valence-corrected chi connectivity index (χ2v) is 4.20. The zero-order valence-electron chi connectivity index (χ0n) is 5.94. The van der Waals surface area contributed by atoms with Crippen LogP contribution in [0.1, 0.15) is 15.4 Å². The van der Waals surface area contributed by atoms with Gasteiger partial charge >= 0.3 is 0 Å². The molecular weight excluding hydrogens is 230 g/mol. The van der Waals surface area contributed by atoms with Gasteiger partial charge in [-0.05, 0) is 13.0 Å². The molecule has 1 unspecified atom stereocenters. The third-order valence-corrected chi connectivity index (χ3v) is 2.11. The fourth-order valence-electron chi connectivity index (χ4n) is 0.830. The Morgan fingerprint density at radius 1 is 1.55 bits per heavy atom. The molecule has 0 nitrogen and oxygen atoms in total. The highest BCUT2D eigenvalue weighted by molar-refractivity contribution is 9.09. The van der Waals surface area contributed by atoms with Crippen LogP contribution in [0.15, 0.2) is 18.2 Å².